The molecule has 0 amide bonds. The minimum absolute atomic E-state index is 0.300. The molecule has 1 atom stereocenters. The highest BCUT2D eigenvalue weighted by atomic mass is 32.1. The van der Waals surface area contributed by atoms with Crippen LogP contribution in [0.2, 0.25) is 0 Å². The van der Waals surface area contributed by atoms with E-state index in [1.165, 1.54) is 0 Å². The molecule has 1 aliphatic rings. The summed E-state index contributed by atoms with van der Waals surface area (Å²) in [6.07, 6.45) is 1.56. The molecule has 1 heterocycles. The maximum atomic E-state index is 12.7. The van der Waals surface area contributed by atoms with Gasteiger partial charge in [-0.05, 0) is 43.8 Å². The van der Waals surface area contributed by atoms with E-state index in [1.807, 2.05) is 25.1 Å². The van der Waals surface area contributed by atoms with Crippen LogP contribution in [-0.2, 0) is 9.53 Å². The van der Waals surface area contributed by atoms with Gasteiger partial charge in [0.25, 0.3) is 0 Å². The molecule has 1 aromatic carbocycles. The number of rotatable bonds is 7. The van der Waals surface area contributed by atoms with Crippen molar-refractivity contribution in [2.75, 3.05) is 20.8 Å². The van der Waals surface area contributed by atoms with E-state index in [1.54, 1.807) is 21.1 Å². The maximum absolute atomic E-state index is 12.7. The lowest BCUT2D eigenvalue weighted by molar-refractivity contribution is -0.139. The number of thiocarbonyl (C=S) groups is 1. The first-order valence-corrected chi connectivity index (χ1v) is 8.66. The molecule has 0 fully saturated rings. The average Bonchev–Trinajstić information content (AvgIpc) is 2.61. The lowest BCUT2D eigenvalue weighted by atomic mass is 9.93. The Kier molecular flexibility index (Phi) is 6.64. The van der Waals surface area contributed by atoms with Crippen molar-refractivity contribution in [2.45, 2.75) is 32.7 Å². The quantitative estimate of drug-likeness (QED) is 0.569. The number of carbonyl (C=O) groups excluding carboxylic acids is 1. The highest BCUT2D eigenvalue weighted by Crippen LogP contribution is 2.36. The Morgan fingerprint density at radius 1 is 1.24 bits per heavy atom. The number of methoxy groups -OCH3 is 2. The molecule has 2 N–H and O–H groups in total. The zero-order valence-corrected chi connectivity index (χ0v) is 15.8. The number of esters is 1. The summed E-state index contributed by atoms with van der Waals surface area (Å²) < 4.78 is 16.1. The van der Waals surface area contributed by atoms with E-state index in [9.17, 15) is 4.79 Å². The van der Waals surface area contributed by atoms with E-state index in [-0.39, 0.29) is 5.97 Å². The number of ether oxygens (including phenoxy) is 3. The van der Waals surface area contributed by atoms with Crippen LogP contribution in [0.3, 0.4) is 0 Å². The first kappa shape index (κ1) is 19.1. The van der Waals surface area contributed by atoms with Crippen molar-refractivity contribution >= 4 is 23.3 Å². The van der Waals surface area contributed by atoms with Crippen LogP contribution in [0.4, 0.5) is 0 Å². The molecular formula is C18H24N2O4S. The van der Waals surface area contributed by atoms with E-state index < -0.39 is 6.04 Å². The molecule has 1 aliphatic heterocycles. The van der Waals surface area contributed by atoms with Crippen LogP contribution in [0.25, 0.3) is 0 Å². The molecule has 7 heteroatoms. The monoisotopic (exact) mass is 364 g/mol. The molecule has 0 radical (unpaired) electrons. The van der Waals surface area contributed by atoms with Crippen molar-refractivity contribution in [3.05, 3.63) is 35.0 Å². The third-order valence-electron chi connectivity index (χ3n) is 3.90. The van der Waals surface area contributed by atoms with Gasteiger partial charge in [-0.1, -0.05) is 13.3 Å². The van der Waals surface area contributed by atoms with Crippen molar-refractivity contribution in [1.29, 1.82) is 0 Å². The van der Waals surface area contributed by atoms with E-state index in [0.29, 0.717) is 35.2 Å². The van der Waals surface area contributed by atoms with Crippen LogP contribution in [0.1, 0.15) is 38.3 Å². The van der Waals surface area contributed by atoms with Gasteiger partial charge in [0.1, 0.15) is 11.5 Å². The van der Waals surface area contributed by atoms with Crippen LogP contribution in [-0.4, -0.2) is 31.9 Å². The number of benzene rings is 1. The molecule has 0 saturated heterocycles. The molecular weight excluding hydrogens is 340 g/mol. The summed E-state index contributed by atoms with van der Waals surface area (Å²) in [6, 6.07) is 4.98. The molecule has 1 unspecified atom stereocenters. The Labute approximate surface area is 153 Å². The Balaban J connectivity index is 2.60. The standard InChI is InChI=1S/C18H24N2O4S/c1-5-7-13-15(17(21)24-6-2)16(20-18(25)19-13)12-10-11(22-3)8-9-14(12)23-4/h8-10,16H,5-7H2,1-4H3,(H2,19,20,25). The molecule has 6 nitrogen and oxygen atoms in total. The van der Waals surface area contributed by atoms with Gasteiger partial charge in [-0.25, -0.2) is 4.79 Å². The molecule has 2 rings (SSSR count). The van der Waals surface area contributed by atoms with Crippen LogP contribution in [0.15, 0.2) is 29.5 Å². The topological polar surface area (TPSA) is 68.8 Å². The molecule has 1 aromatic rings. The molecule has 0 spiro atoms. The lowest BCUT2D eigenvalue weighted by Crippen LogP contribution is -2.45. The highest BCUT2D eigenvalue weighted by Gasteiger charge is 2.34. The average molecular weight is 364 g/mol. The number of hydrogen-bond acceptors (Lipinski definition) is 5. The van der Waals surface area contributed by atoms with Gasteiger partial charge in [-0.2, -0.15) is 0 Å². The lowest BCUT2D eigenvalue weighted by Gasteiger charge is -2.31. The Bertz CT molecular complexity index is 688. The molecule has 0 aliphatic carbocycles. The van der Waals surface area contributed by atoms with Gasteiger partial charge in [0.05, 0.1) is 32.4 Å². The molecule has 0 aromatic heterocycles. The Morgan fingerprint density at radius 2 is 2.00 bits per heavy atom. The van der Waals surface area contributed by atoms with Crippen molar-refractivity contribution in [3.8, 4) is 11.5 Å². The minimum Gasteiger partial charge on any atom is -0.497 e. The van der Waals surface area contributed by atoms with Gasteiger partial charge in [-0.3, -0.25) is 0 Å². The van der Waals surface area contributed by atoms with E-state index in [0.717, 1.165) is 17.7 Å². The van der Waals surface area contributed by atoms with Crippen LogP contribution >= 0.6 is 12.2 Å². The van der Waals surface area contributed by atoms with E-state index in [2.05, 4.69) is 10.6 Å². The van der Waals surface area contributed by atoms with Gasteiger partial charge < -0.3 is 24.8 Å². The van der Waals surface area contributed by atoms with Crippen molar-refractivity contribution in [1.82, 2.24) is 10.6 Å². The van der Waals surface area contributed by atoms with Gasteiger partial charge >= 0.3 is 5.97 Å². The maximum Gasteiger partial charge on any atom is 0.338 e. The first-order valence-electron chi connectivity index (χ1n) is 8.25. The summed E-state index contributed by atoms with van der Waals surface area (Å²) in [5.41, 5.74) is 2.06. The molecule has 136 valence electrons. The minimum atomic E-state index is -0.473. The first-order chi connectivity index (χ1) is 12.0. The predicted octanol–water partition coefficient (Wildman–Crippen LogP) is 2.84. The van der Waals surface area contributed by atoms with Crippen LogP contribution < -0.4 is 20.1 Å². The smallest absolute Gasteiger partial charge is 0.338 e. The van der Waals surface area contributed by atoms with Crippen molar-refractivity contribution in [3.63, 3.8) is 0 Å². The molecule has 25 heavy (non-hydrogen) atoms. The summed E-state index contributed by atoms with van der Waals surface area (Å²) in [7, 11) is 3.18. The SMILES string of the molecule is CCCC1=C(C(=O)OCC)C(c2cc(OC)ccc2OC)NC(=S)N1. The predicted molar refractivity (Wildman–Crippen MR) is 99.7 cm³/mol. The summed E-state index contributed by atoms with van der Waals surface area (Å²) in [4.78, 5) is 12.7. The van der Waals surface area contributed by atoms with Gasteiger partial charge in [0, 0.05) is 11.3 Å². The third-order valence-corrected chi connectivity index (χ3v) is 4.12. The zero-order valence-electron chi connectivity index (χ0n) is 15.0. The number of carbonyl (C=O) groups is 1. The number of nitrogens with one attached hydrogen (secondary N) is 2. The fourth-order valence-electron chi connectivity index (χ4n) is 2.81. The summed E-state index contributed by atoms with van der Waals surface area (Å²) in [5.74, 6) is 0.936. The summed E-state index contributed by atoms with van der Waals surface area (Å²) in [6.45, 7) is 4.13. The second-order valence-electron chi connectivity index (χ2n) is 5.50. The second-order valence-corrected chi connectivity index (χ2v) is 5.91. The van der Waals surface area contributed by atoms with Crippen LogP contribution in [0.5, 0.6) is 11.5 Å². The van der Waals surface area contributed by atoms with E-state index in [4.69, 9.17) is 26.4 Å². The highest BCUT2D eigenvalue weighted by molar-refractivity contribution is 7.80. The largest absolute Gasteiger partial charge is 0.497 e. The normalized spacial score (nSPS) is 16.8. The number of allylic oxidation sites excluding steroid dienone is 1. The Morgan fingerprint density at radius 3 is 2.60 bits per heavy atom. The fraction of sp³-hybridized carbons (Fsp3) is 0.444. The fourth-order valence-corrected chi connectivity index (χ4v) is 3.05. The van der Waals surface area contributed by atoms with Gasteiger partial charge in [0.15, 0.2) is 5.11 Å². The second kappa shape index (κ2) is 8.71. The van der Waals surface area contributed by atoms with Crippen molar-refractivity contribution in [2.24, 2.45) is 0 Å². The van der Waals surface area contributed by atoms with E-state index >= 15 is 0 Å². The van der Waals surface area contributed by atoms with Crippen LogP contribution in [0, 0.1) is 0 Å². The third kappa shape index (κ3) is 4.22. The molecule has 0 saturated carbocycles. The van der Waals surface area contributed by atoms with Crippen molar-refractivity contribution < 1.29 is 19.0 Å². The summed E-state index contributed by atoms with van der Waals surface area (Å²) in [5, 5.41) is 6.73. The van der Waals surface area contributed by atoms with Gasteiger partial charge in [0.2, 0.25) is 0 Å². The zero-order chi connectivity index (χ0) is 18.4. The summed E-state index contributed by atoms with van der Waals surface area (Å²) >= 11 is 5.34. The Hall–Kier alpha value is -2.28. The van der Waals surface area contributed by atoms with Gasteiger partial charge in [-0.15, -0.1) is 0 Å². The number of hydrogen-bond donors (Lipinski definition) is 2. The molecule has 0 bridgehead atoms.